The first kappa shape index (κ1) is 35.6. The topological polar surface area (TPSA) is 3.24 Å². The minimum Gasteiger partial charge on any atom is -0.311 e. The maximum absolute atomic E-state index is 2.39. The lowest BCUT2D eigenvalue weighted by Gasteiger charge is -2.26. The van der Waals surface area contributed by atoms with Crippen molar-refractivity contribution >= 4 is 90.9 Å². The van der Waals surface area contributed by atoms with E-state index in [0.717, 1.165) is 17.1 Å². The summed E-state index contributed by atoms with van der Waals surface area (Å²) in [6.07, 6.45) is 0. The molecule has 0 amide bonds. The predicted molar refractivity (Wildman–Crippen MR) is 266 cm³/mol. The van der Waals surface area contributed by atoms with Gasteiger partial charge in [0.25, 0.3) is 0 Å². The Morgan fingerprint density at radius 1 is 0.262 bits per heavy atom. The van der Waals surface area contributed by atoms with Gasteiger partial charge in [-0.1, -0.05) is 176 Å². The Labute approximate surface area is 362 Å². The average Bonchev–Trinajstić information content (AvgIpc) is 3.92. The Kier molecular flexibility index (Phi) is 8.62. The van der Waals surface area contributed by atoms with E-state index in [1.54, 1.807) is 0 Å². The van der Waals surface area contributed by atoms with Crippen molar-refractivity contribution in [1.29, 1.82) is 0 Å². The van der Waals surface area contributed by atoms with E-state index in [4.69, 9.17) is 0 Å². The summed E-state index contributed by atoms with van der Waals surface area (Å²) in [5.41, 5.74) is 13.2. The molecule has 61 heavy (non-hydrogen) atoms. The van der Waals surface area contributed by atoms with Crippen molar-refractivity contribution in [2.24, 2.45) is 0 Å². The van der Waals surface area contributed by atoms with E-state index in [9.17, 15) is 0 Å². The molecule has 0 bridgehead atoms. The summed E-state index contributed by atoms with van der Waals surface area (Å²) in [6.45, 7) is 0. The smallest absolute Gasteiger partial charge is 0.0462 e. The van der Waals surface area contributed by atoms with Crippen LogP contribution in [0, 0.1) is 0 Å². The summed E-state index contributed by atoms with van der Waals surface area (Å²) in [6, 6.07) is 82.2. The van der Waals surface area contributed by atoms with Crippen molar-refractivity contribution < 1.29 is 0 Å². The molecule has 0 aliphatic rings. The molecule has 0 fully saturated rings. The van der Waals surface area contributed by atoms with E-state index in [0.29, 0.717) is 0 Å². The highest BCUT2D eigenvalue weighted by Crippen LogP contribution is 2.50. The van der Waals surface area contributed by atoms with E-state index in [1.165, 1.54) is 95.6 Å². The molecule has 0 saturated heterocycles. The van der Waals surface area contributed by atoms with Gasteiger partial charge in [0.2, 0.25) is 0 Å². The third kappa shape index (κ3) is 6.04. The molecule has 0 aliphatic heterocycles. The maximum Gasteiger partial charge on any atom is 0.0462 e. The minimum atomic E-state index is 1.10. The molecule has 0 saturated carbocycles. The number of hydrogen-bond donors (Lipinski definition) is 0. The zero-order valence-electron chi connectivity index (χ0n) is 33.1. The Morgan fingerprint density at radius 2 is 0.689 bits per heavy atom. The second-order valence-corrected chi connectivity index (χ2v) is 17.7. The molecule has 0 unspecified atom stereocenters. The Morgan fingerprint density at radius 3 is 1.34 bits per heavy atom. The van der Waals surface area contributed by atoms with Crippen molar-refractivity contribution in [2.45, 2.75) is 0 Å². The second kappa shape index (κ2) is 14.8. The third-order valence-corrected chi connectivity index (χ3v) is 14.5. The number of thiophene rings is 2. The van der Waals surface area contributed by atoms with Crippen LogP contribution in [0.15, 0.2) is 224 Å². The Bertz CT molecular complexity index is 3550. The van der Waals surface area contributed by atoms with Crippen LogP contribution in [0.2, 0.25) is 0 Å². The second-order valence-electron chi connectivity index (χ2n) is 15.6. The zero-order chi connectivity index (χ0) is 40.3. The highest BCUT2D eigenvalue weighted by Gasteiger charge is 2.22. The van der Waals surface area contributed by atoms with Gasteiger partial charge in [0.05, 0.1) is 0 Å². The van der Waals surface area contributed by atoms with Crippen LogP contribution in [0.5, 0.6) is 0 Å². The van der Waals surface area contributed by atoms with Gasteiger partial charge >= 0.3 is 0 Å². The molecule has 286 valence electrons. The van der Waals surface area contributed by atoms with Crippen LogP contribution in [0.3, 0.4) is 0 Å². The molecule has 10 aromatic carbocycles. The average molecular weight is 812 g/mol. The Hall–Kier alpha value is -7.30. The van der Waals surface area contributed by atoms with E-state index in [2.05, 4.69) is 229 Å². The molecule has 0 spiro atoms. The van der Waals surface area contributed by atoms with Gasteiger partial charge in [-0.2, -0.15) is 0 Å². The molecular weight excluding hydrogens is 775 g/mol. The molecule has 0 radical (unpaired) electrons. The van der Waals surface area contributed by atoms with Crippen LogP contribution >= 0.6 is 22.7 Å². The summed E-state index contributed by atoms with van der Waals surface area (Å²) < 4.78 is 5.30. The van der Waals surface area contributed by atoms with E-state index < -0.39 is 0 Å². The fraction of sp³-hybridized carbons (Fsp3) is 0. The number of nitrogens with zero attached hydrogens (tertiary/aromatic N) is 1. The molecule has 12 rings (SSSR count). The van der Waals surface area contributed by atoms with Crippen LogP contribution in [-0.2, 0) is 0 Å². The lowest BCUT2D eigenvalue weighted by molar-refractivity contribution is 1.28. The Balaban J connectivity index is 1.02. The molecule has 2 heterocycles. The van der Waals surface area contributed by atoms with Crippen LogP contribution in [0.4, 0.5) is 17.1 Å². The monoisotopic (exact) mass is 811 g/mol. The van der Waals surface area contributed by atoms with Gasteiger partial charge in [-0.25, -0.2) is 0 Å². The first-order valence-electron chi connectivity index (χ1n) is 20.7. The largest absolute Gasteiger partial charge is 0.311 e. The van der Waals surface area contributed by atoms with Crippen molar-refractivity contribution in [1.82, 2.24) is 0 Å². The first-order chi connectivity index (χ1) is 30.3. The number of hydrogen-bond acceptors (Lipinski definition) is 3. The maximum atomic E-state index is 2.39. The zero-order valence-corrected chi connectivity index (χ0v) is 34.8. The minimum absolute atomic E-state index is 1.10. The number of benzene rings is 10. The standard InChI is InChI=1S/C58H37NS2/c1-3-14-38(15-4-1)39-26-32-43(33-27-39)59(44-34-28-40(29-35-44)46-22-13-23-49-47-18-9-11-24-52(47)60-57(46)49)45-36-30-42(31-37-45)55-54(41-16-5-2-6-17-41)48-19-7-8-20-50(48)58-56(55)51-21-10-12-25-53(51)61-58/h1-37H. The van der Waals surface area contributed by atoms with Crippen molar-refractivity contribution in [3.63, 3.8) is 0 Å². The fourth-order valence-corrected chi connectivity index (χ4v) is 11.7. The molecule has 0 N–H and O–H groups in total. The fourth-order valence-electron chi connectivity index (χ4n) is 9.26. The van der Waals surface area contributed by atoms with Crippen LogP contribution in [-0.4, -0.2) is 0 Å². The van der Waals surface area contributed by atoms with Gasteiger partial charge in [-0.3, -0.25) is 0 Å². The van der Waals surface area contributed by atoms with Crippen LogP contribution < -0.4 is 4.90 Å². The summed E-state index contributed by atoms with van der Waals surface area (Å²) >= 11 is 3.78. The molecular formula is C58H37NS2. The van der Waals surface area contributed by atoms with Crippen LogP contribution in [0.1, 0.15) is 0 Å². The van der Waals surface area contributed by atoms with Crippen molar-refractivity contribution in [3.8, 4) is 44.5 Å². The molecule has 0 aliphatic carbocycles. The highest BCUT2D eigenvalue weighted by molar-refractivity contribution is 7.27. The molecule has 0 atom stereocenters. The van der Waals surface area contributed by atoms with Gasteiger partial charge in [-0.05, 0) is 98.4 Å². The normalized spacial score (nSPS) is 11.6. The molecule has 3 heteroatoms. The number of fused-ring (bicyclic) bond motifs is 8. The first-order valence-corrected chi connectivity index (χ1v) is 22.4. The van der Waals surface area contributed by atoms with Crippen molar-refractivity contribution in [2.75, 3.05) is 4.90 Å². The van der Waals surface area contributed by atoms with Crippen molar-refractivity contribution in [3.05, 3.63) is 224 Å². The van der Waals surface area contributed by atoms with E-state index >= 15 is 0 Å². The van der Waals surface area contributed by atoms with Gasteiger partial charge in [0, 0.05) is 62.8 Å². The lowest BCUT2D eigenvalue weighted by atomic mass is 9.86. The number of rotatable bonds is 7. The molecule has 1 nitrogen and oxygen atoms in total. The summed E-state index contributed by atoms with van der Waals surface area (Å²) in [5, 5.41) is 7.84. The van der Waals surface area contributed by atoms with E-state index in [1.807, 2.05) is 22.7 Å². The van der Waals surface area contributed by atoms with Crippen LogP contribution in [0.25, 0.3) is 95.6 Å². The molecule has 2 aromatic heterocycles. The highest BCUT2D eigenvalue weighted by atomic mass is 32.1. The lowest BCUT2D eigenvalue weighted by Crippen LogP contribution is -2.09. The number of anilines is 3. The summed E-state index contributed by atoms with van der Waals surface area (Å²) in [7, 11) is 0. The van der Waals surface area contributed by atoms with E-state index in [-0.39, 0.29) is 0 Å². The van der Waals surface area contributed by atoms with Gasteiger partial charge in [-0.15, -0.1) is 22.7 Å². The van der Waals surface area contributed by atoms with Gasteiger partial charge in [0.1, 0.15) is 0 Å². The summed E-state index contributed by atoms with van der Waals surface area (Å²) in [5.74, 6) is 0. The third-order valence-electron chi connectivity index (χ3n) is 12.1. The molecule has 12 aromatic rings. The quantitative estimate of drug-likeness (QED) is 0.155. The van der Waals surface area contributed by atoms with Gasteiger partial charge < -0.3 is 4.90 Å². The summed E-state index contributed by atoms with van der Waals surface area (Å²) in [4.78, 5) is 2.39. The SMILES string of the molecule is c1ccc(-c2ccc(N(c3ccc(-c4cccc5c4sc4ccccc45)cc3)c3ccc(-c4c(-c5ccccc5)c5ccccc5c5sc6ccccc6c45)cc3)cc2)cc1. The van der Waals surface area contributed by atoms with Gasteiger partial charge in [0.15, 0.2) is 0 Å². The predicted octanol–water partition coefficient (Wildman–Crippen LogP) is 17.7.